The number of pyridine rings is 1. The van der Waals surface area contributed by atoms with Crippen LogP contribution in [0, 0.1) is 0 Å². The molecular weight excluding hydrogens is 320 g/mol. The van der Waals surface area contributed by atoms with Crippen molar-refractivity contribution in [1.82, 2.24) is 15.1 Å². The average molecular weight is 331 g/mol. The van der Waals surface area contributed by atoms with Crippen molar-refractivity contribution in [1.29, 1.82) is 0 Å². The monoisotopic (exact) mass is 330 g/mol. The molecular formula is C14H11BrN4O. The molecule has 0 atom stereocenters. The number of hydrogen-bond acceptors (Lipinski definition) is 5. The van der Waals surface area contributed by atoms with E-state index in [9.17, 15) is 0 Å². The lowest BCUT2D eigenvalue weighted by Gasteiger charge is -1.96. The van der Waals surface area contributed by atoms with Gasteiger partial charge in [0.2, 0.25) is 0 Å². The summed E-state index contributed by atoms with van der Waals surface area (Å²) in [7, 11) is 0. The van der Waals surface area contributed by atoms with Crippen LogP contribution in [0.3, 0.4) is 0 Å². The second-order valence-electron chi connectivity index (χ2n) is 4.33. The van der Waals surface area contributed by atoms with Gasteiger partial charge in [-0.2, -0.15) is 4.98 Å². The van der Waals surface area contributed by atoms with Crippen molar-refractivity contribution in [2.75, 3.05) is 5.73 Å². The SMILES string of the molecule is Nc1cncc(-c2nc(Cc3ccc(Br)cc3)no2)c1. The first-order valence-electron chi connectivity index (χ1n) is 5.98. The van der Waals surface area contributed by atoms with Gasteiger partial charge in [-0.05, 0) is 23.8 Å². The molecule has 1 aromatic carbocycles. The predicted molar refractivity (Wildman–Crippen MR) is 78.9 cm³/mol. The van der Waals surface area contributed by atoms with E-state index < -0.39 is 0 Å². The maximum atomic E-state index is 5.68. The van der Waals surface area contributed by atoms with Crippen molar-refractivity contribution in [2.45, 2.75) is 6.42 Å². The molecule has 0 fully saturated rings. The molecule has 20 heavy (non-hydrogen) atoms. The summed E-state index contributed by atoms with van der Waals surface area (Å²) >= 11 is 3.40. The first-order valence-corrected chi connectivity index (χ1v) is 6.78. The summed E-state index contributed by atoms with van der Waals surface area (Å²) in [5.74, 6) is 1.06. The number of anilines is 1. The molecule has 0 bridgehead atoms. The zero-order chi connectivity index (χ0) is 13.9. The number of rotatable bonds is 3. The molecule has 0 unspecified atom stereocenters. The Bertz CT molecular complexity index is 724. The molecule has 0 amide bonds. The van der Waals surface area contributed by atoms with Crippen LogP contribution in [0.2, 0.25) is 0 Å². The summed E-state index contributed by atoms with van der Waals surface area (Å²) in [6.45, 7) is 0. The fourth-order valence-electron chi connectivity index (χ4n) is 1.80. The number of hydrogen-bond donors (Lipinski definition) is 1. The first kappa shape index (κ1) is 12.8. The second kappa shape index (κ2) is 5.42. The maximum absolute atomic E-state index is 5.68. The highest BCUT2D eigenvalue weighted by atomic mass is 79.9. The van der Waals surface area contributed by atoms with Gasteiger partial charge in [0.15, 0.2) is 5.82 Å². The summed E-state index contributed by atoms with van der Waals surface area (Å²) in [6, 6.07) is 9.75. The summed E-state index contributed by atoms with van der Waals surface area (Å²) in [5.41, 5.74) is 8.09. The summed E-state index contributed by atoms with van der Waals surface area (Å²) < 4.78 is 6.28. The molecule has 3 rings (SSSR count). The molecule has 5 nitrogen and oxygen atoms in total. The zero-order valence-corrected chi connectivity index (χ0v) is 12.0. The molecule has 0 spiro atoms. The van der Waals surface area contributed by atoms with Crippen LogP contribution in [0.4, 0.5) is 5.69 Å². The lowest BCUT2D eigenvalue weighted by atomic mass is 10.1. The minimum Gasteiger partial charge on any atom is -0.397 e. The van der Waals surface area contributed by atoms with Gasteiger partial charge in [-0.25, -0.2) is 0 Å². The van der Waals surface area contributed by atoms with Crippen LogP contribution in [0.5, 0.6) is 0 Å². The van der Waals surface area contributed by atoms with E-state index in [0.717, 1.165) is 15.6 Å². The molecule has 6 heteroatoms. The van der Waals surface area contributed by atoms with Crippen LogP contribution in [-0.4, -0.2) is 15.1 Å². The Morgan fingerprint density at radius 1 is 1.15 bits per heavy atom. The lowest BCUT2D eigenvalue weighted by Crippen LogP contribution is -1.91. The Morgan fingerprint density at radius 3 is 2.70 bits per heavy atom. The highest BCUT2D eigenvalue weighted by molar-refractivity contribution is 9.10. The molecule has 0 aliphatic rings. The van der Waals surface area contributed by atoms with Gasteiger partial charge >= 0.3 is 0 Å². The van der Waals surface area contributed by atoms with E-state index in [1.165, 1.54) is 0 Å². The normalized spacial score (nSPS) is 10.7. The van der Waals surface area contributed by atoms with E-state index in [4.69, 9.17) is 10.3 Å². The Kier molecular flexibility index (Phi) is 3.47. The van der Waals surface area contributed by atoms with Crippen molar-refractivity contribution in [2.24, 2.45) is 0 Å². The molecule has 0 aliphatic heterocycles. The van der Waals surface area contributed by atoms with Crippen molar-refractivity contribution >= 4 is 21.6 Å². The third kappa shape index (κ3) is 2.85. The van der Waals surface area contributed by atoms with Gasteiger partial charge in [-0.15, -0.1) is 0 Å². The fraction of sp³-hybridized carbons (Fsp3) is 0.0714. The van der Waals surface area contributed by atoms with Crippen LogP contribution in [0.1, 0.15) is 11.4 Å². The third-order valence-corrected chi connectivity index (χ3v) is 3.28. The van der Waals surface area contributed by atoms with Crippen molar-refractivity contribution in [3.63, 3.8) is 0 Å². The van der Waals surface area contributed by atoms with Crippen LogP contribution in [-0.2, 0) is 6.42 Å². The number of halogens is 1. The number of benzene rings is 1. The van der Waals surface area contributed by atoms with Gasteiger partial charge in [0, 0.05) is 23.3 Å². The van der Waals surface area contributed by atoms with Crippen LogP contribution < -0.4 is 5.73 Å². The Labute approximate surface area is 124 Å². The van der Waals surface area contributed by atoms with Crippen LogP contribution in [0.25, 0.3) is 11.5 Å². The highest BCUT2D eigenvalue weighted by Crippen LogP contribution is 2.19. The summed E-state index contributed by atoms with van der Waals surface area (Å²) in [4.78, 5) is 8.36. The van der Waals surface area contributed by atoms with E-state index in [0.29, 0.717) is 23.8 Å². The molecule has 2 heterocycles. The predicted octanol–water partition coefficient (Wildman–Crippen LogP) is 3.07. The molecule has 0 aliphatic carbocycles. The average Bonchev–Trinajstić information content (AvgIpc) is 2.90. The van der Waals surface area contributed by atoms with E-state index in [1.54, 1.807) is 18.5 Å². The molecule has 100 valence electrons. The Balaban J connectivity index is 1.82. The fourth-order valence-corrected chi connectivity index (χ4v) is 2.07. The molecule has 2 N–H and O–H groups in total. The standard InChI is InChI=1S/C14H11BrN4O/c15-11-3-1-9(2-4-11)5-13-18-14(20-19-13)10-6-12(16)8-17-7-10/h1-4,6-8H,5,16H2. The van der Waals surface area contributed by atoms with Gasteiger partial charge in [-0.3, -0.25) is 4.98 Å². The third-order valence-electron chi connectivity index (χ3n) is 2.75. The Morgan fingerprint density at radius 2 is 1.95 bits per heavy atom. The molecule has 0 radical (unpaired) electrons. The zero-order valence-electron chi connectivity index (χ0n) is 10.5. The van der Waals surface area contributed by atoms with Gasteiger partial charge in [-0.1, -0.05) is 33.2 Å². The smallest absolute Gasteiger partial charge is 0.259 e. The van der Waals surface area contributed by atoms with Crippen molar-refractivity contribution < 1.29 is 4.52 Å². The lowest BCUT2D eigenvalue weighted by molar-refractivity contribution is 0.424. The van der Waals surface area contributed by atoms with Crippen molar-refractivity contribution in [3.05, 3.63) is 58.6 Å². The maximum Gasteiger partial charge on any atom is 0.259 e. The number of aromatic nitrogens is 3. The number of nitrogens with two attached hydrogens (primary N) is 1. The highest BCUT2D eigenvalue weighted by Gasteiger charge is 2.10. The number of nitrogens with zero attached hydrogens (tertiary/aromatic N) is 3. The van der Waals surface area contributed by atoms with Crippen LogP contribution >= 0.6 is 15.9 Å². The molecule has 0 saturated carbocycles. The molecule has 0 saturated heterocycles. The van der Waals surface area contributed by atoms with E-state index >= 15 is 0 Å². The number of nitrogen functional groups attached to an aromatic ring is 1. The quantitative estimate of drug-likeness (QED) is 0.798. The summed E-state index contributed by atoms with van der Waals surface area (Å²) in [5, 5.41) is 3.97. The topological polar surface area (TPSA) is 77.8 Å². The first-order chi connectivity index (χ1) is 9.70. The van der Waals surface area contributed by atoms with Crippen molar-refractivity contribution in [3.8, 4) is 11.5 Å². The molecule has 3 aromatic rings. The van der Waals surface area contributed by atoms with Gasteiger partial charge in [0.25, 0.3) is 5.89 Å². The van der Waals surface area contributed by atoms with E-state index in [-0.39, 0.29) is 0 Å². The van der Waals surface area contributed by atoms with Gasteiger partial charge in [0.1, 0.15) is 0 Å². The minimum absolute atomic E-state index is 0.428. The molecule has 2 aromatic heterocycles. The second-order valence-corrected chi connectivity index (χ2v) is 5.24. The van der Waals surface area contributed by atoms with E-state index in [1.807, 2.05) is 24.3 Å². The Hall–Kier alpha value is -2.21. The summed E-state index contributed by atoms with van der Waals surface area (Å²) in [6.07, 6.45) is 3.84. The van der Waals surface area contributed by atoms with Crippen LogP contribution in [0.15, 0.2) is 51.7 Å². The van der Waals surface area contributed by atoms with E-state index in [2.05, 4.69) is 31.1 Å². The largest absolute Gasteiger partial charge is 0.397 e. The van der Waals surface area contributed by atoms with Gasteiger partial charge in [0.05, 0.1) is 11.3 Å². The van der Waals surface area contributed by atoms with Gasteiger partial charge < -0.3 is 10.3 Å². The minimum atomic E-state index is 0.428.